The van der Waals surface area contributed by atoms with Crippen molar-refractivity contribution in [1.82, 2.24) is 0 Å². The summed E-state index contributed by atoms with van der Waals surface area (Å²) in [5, 5.41) is 21.1. The van der Waals surface area contributed by atoms with E-state index in [4.69, 9.17) is 4.74 Å². The van der Waals surface area contributed by atoms with Crippen LogP contribution in [0.3, 0.4) is 0 Å². The normalized spacial score (nSPS) is 9.93. The minimum atomic E-state index is -0.646. The number of nitro benzene ring substituents is 2. The van der Waals surface area contributed by atoms with E-state index in [9.17, 15) is 29.0 Å². The molecule has 0 saturated heterocycles. The molecule has 10 heteroatoms. The van der Waals surface area contributed by atoms with Crippen molar-refractivity contribution in [1.29, 1.82) is 0 Å². The van der Waals surface area contributed by atoms with Gasteiger partial charge in [-0.05, 0) is 57.9 Å². The third-order valence-corrected chi connectivity index (χ3v) is 4.33. The smallest absolute Gasteiger partial charge is 0.286 e. The summed E-state index contributed by atoms with van der Waals surface area (Å²) in [6.45, 7) is 0. The molecule has 3 aromatic rings. The summed E-state index contributed by atoms with van der Waals surface area (Å²) < 4.78 is 30.7. The molecule has 0 atom stereocenters. The second-order valence-electron chi connectivity index (χ2n) is 5.50. The molecule has 0 aromatic heterocycles. The van der Waals surface area contributed by atoms with Gasteiger partial charge in [0.15, 0.2) is 0 Å². The Bertz CT molecular complexity index is 1050. The third-order valence-electron chi connectivity index (χ3n) is 3.66. The second-order valence-corrected chi connectivity index (χ2v) is 6.35. The molecule has 0 fully saturated rings. The van der Waals surface area contributed by atoms with E-state index < -0.39 is 21.5 Å². The highest BCUT2D eigenvalue weighted by Crippen LogP contribution is 2.31. The summed E-state index contributed by atoms with van der Waals surface area (Å²) in [6, 6.07) is 13.6. The molecule has 0 aliphatic rings. The van der Waals surface area contributed by atoms with Crippen molar-refractivity contribution in [2.45, 2.75) is 0 Å². The first-order chi connectivity index (χ1) is 13.7. The molecular weight excluding hydrogens is 454 g/mol. The van der Waals surface area contributed by atoms with Crippen molar-refractivity contribution in [3.63, 3.8) is 0 Å². The molecule has 0 spiro atoms. The van der Waals surface area contributed by atoms with E-state index in [1.807, 2.05) is 0 Å². The van der Waals surface area contributed by atoms with Crippen molar-refractivity contribution >= 4 is 27.3 Å². The largest absolute Gasteiger partial charge is 0.497 e. The molecule has 0 heterocycles. The zero-order valence-corrected chi connectivity index (χ0v) is 16.4. The fourth-order valence-electron chi connectivity index (χ4n) is 2.30. The topological polar surface area (TPSA) is 95.5 Å². The van der Waals surface area contributed by atoms with Gasteiger partial charge in [0.1, 0.15) is 17.4 Å². The van der Waals surface area contributed by atoms with Crippen molar-refractivity contribution in [3.8, 4) is 16.9 Å². The molecule has 150 valence electrons. The molecule has 3 rings (SSSR count). The predicted molar refractivity (Wildman–Crippen MR) is 106 cm³/mol. The first kappa shape index (κ1) is 21.9. The third kappa shape index (κ3) is 5.79. The van der Waals surface area contributed by atoms with Crippen LogP contribution in [0.5, 0.6) is 5.75 Å². The number of rotatable bonds is 4. The van der Waals surface area contributed by atoms with Crippen LogP contribution < -0.4 is 4.74 Å². The van der Waals surface area contributed by atoms with Crippen molar-refractivity contribution < 1.29 is 23.4 Å². The van der Waals surface area contributed by atoms with Gasteiger partial charge in [-0.3, -0.25) is 20.2 Å². The van der Waals surface area contributed by atoms with Gasteiger partial charge in [-0.15, -0.1) is 0 Å². The van der Waals surface area contributed by atoms with Gasteiger partial charge >= 0.3 is 0 Å². The van der Waals surface area contributed by atoms with Gasteiger partial charge in [0.2, 0.25) is 0 Å². The van der Waals surface area contributed by atoms with Crippen LogP contribution in [-0.2, 0) is 0 Å². The molecule has 0 aliphatic carbocycles. The summed E-state index contributed by atoms with van der Waals surface area (Å²) in [4.78, 5) is 19.8. The fraction of sp³-hybridized carbons (Fsp3) is 0.0526. The summed E-state index contributed by atoms with van der Waals surface area (Å²) in [5.41, 5.74) is 0.511. The van der Waals surface area contributed by atoms with E-state index in [1.165, 1.54) is 25.3 Å². The first-order valence-corrected chi connectivity index (χ1v) is 8.70. The van der Waals surface area contributed by atoms with Crippen LogP contribution in [0, 0.1) is 31.9 Å². The number of hydrogen-bond donors (Lipinski definition) is 0. The molecule has 0 radical (unpaired) electrons. The SMILES string of the molecule is COc1ccc(-c2ccc(F)cc2[N+](=O)[O-])cc1.O=[N+]([O-])c1cc(F)ccc1Br. The lowest BCUT2D eigenvalue weighted by Crippen LogP contribution is -1.93. The maximum atomic E-state index is 13.0. The number of benzene rings is 3. The molecule has 0 aliphatic heterocycles. The maximum absolute atomic E-state index is 13.0. The average Bonchev–Trinajstić information content (AvgIpc) is 2.70. The zero-order valence-electron chi connectivity index (χ0n) is 14.8. The zero-order chi connectivity index (χ0) is 21.6. The minimum absolute atomic E-state index is 0.250. The molecule has 0 saturated carbocycles. The Morgan fingerprint density at radius 2 is 1.34 bits per heavy atom. The molecule has 29 heavy (non-hydrogen) atoms. The summed E-state index contributed by atoms with van der Waals surface area (Å²) in [5.74, 6) is -0.581. The Balaban J connectivity index is 0.000000234. The monoisotopic (exact) mass is 466 g/mol. The Morgan fingerprint density at radius 3 is 1.83 bits per heavy atom. The summed E-state index contributed by atoms with van der Waals surface area (Å²) in [6.07, 6.45) is 0. The average molecular weight is 467 g/mol. The first-order valence-electron chi connectivity index (χ1n) is 7.90. The Labute approximate surface area is 172 Å². The van der Waals surface area contributed by atoms with Crippen LogP contribution in [0.15, 0.2) is 65.1 Å². The number of nitrogens with zero attached hydrogens (tertiary/aromatic N) is 2. The Hall–Kier alpha value is -3.40. The van der Waals surface area contributed by atoms with Crippen LogP contribution in [-0.4, -0.2) is 17.0 Å². The van der Waals surface area contributed by atoms with Gasteiger partial charge in [-0.2, -0.15) is 0 Å². The number of halogens is 3. The van der Waals surface area contributed by atoms with Crippen molar-refractivity contribution in [2.75, 3.05) is 7.11 Å². The van der Waals surface area contributed by atoms with Gasteiger partial charge < -0.3 is 4.74 Å². The highest BCUT2D eigenvalue weighted by Gasteiger charge is 2.16. The highest BCUT2D eigenvalue weighted by atomic mass is 79.9. The fourth-order valence-corrected chi connectivity index (χ4v) is 2.69. The maximum Gasteiger partial charge on any atom is 0.286 e. The van der Waals surface area contributed by atoms with E-state index in [1.54, 1.807) is 24.3 Å². The van der Waals surface area contributed by atoms with Crippen LogP contribution in [0.1, 0.15) is 0 Å². The molecule has 0 bridgehead atoms. The molecule has 3 aromatic carbocycles. The lowest BCUT2D eigenvalue weighted by atomic mass is 10.0. The minimum Gasteiger partial charge on any atom is -0.497 e. The van der Waals surface area contributed by atoms with Gasteiger partial charge in [0.25, 0.3) is 11.4 Å². The highest BCUT2D eigenvalue weighted by molar-refractivity contribution is 9.10. The second kappa shape index (κ2) is 9.69. The van der Waals surface area contributed by atoms with Crippen LogP contribution in [0.4, 0.5) is 20.2 Å². The van der Waals surface area contributed by atoms with E-state index >= 15 is 0 Å². The molecular formula is C19H13BrF2N2O5. The van der Waals surface area contributed by atoms with Gasteiger partial charge in [0.05, 0.1) is 39.1 Å². The van der Waals surface area contributed by atoms with Gasteiger partial charge in [0, 0.05) is 0 Å². The van der Waals surface area contributed by atoms with Gasteiger partial charge in [-0.1, -0.05) is 12.1 Å². The summed E-state index contributed by atoms with van der Waals surface area (Å²) in [7, 11) is 1.54. The molecule has 7 nitrogen and oxygen atoms in total. The number of ether oxygens (including phenoxy) is 1. The van der Waals surface area contributed by atoms with Crippen molar-refractivity contribution in [3.05, 3.63) is 97.0 Å². The Kier molecular flexibility index (Phi) is 7.32. The van der Waals surface area contributed by atoms with E-state index in [0.29, 0.717) is 16.9 Å². The molecule has 0 amide bonds. The van der Waals surface area contributed by atoms with Crippen molar-refractivity contribution in [2.24, 2.45) is 0 Å². The van der Waals surface area contributed by atoms with E-state index in [0.717, 1.165) is 18.2 Å². The predicted octanol–water partition coefficient (Wildman–Crippen LogP) is 5.91. The lowest BCUT2D eigenvalue weighted by molar-refractivity contribution is -0.385. The number of methoxy groups -OCH3 is 1. The van der Waals surface area contributed by atoms with E-state index in [-0.39, 0.29) is 15.8 Å². The van der Waals surface area contributed by atoms with E-state index in [2.05, 4.69) is 15.9 Å². The molecule has 0 N–H and O–H groups in total. The Morgan fingerprint density at radius 1 is 0.828 bits per heavy atom. The summed E-state index contributed by atoms with van der Waals surface area (Å²) >= 11 is 2.92. The lowest BCUT2D eigenvalue weighted by Gasteiger charge is -2.05. The van der Waals surface area contributed by atoms with Crippen LogP contribution in [0.25, 0.3) is 11.1 Å². The number of nitro groups is 2. The standard InChI is InChI=1S/C13H10FNO3.C6H3BrFNO2/c1-18-11-5-2-9(3-6-11)12-7-4-10(14)8-13(12)15(16)17;7-5-2-1-4(8)3-6(5)9(10)11/h2-8H,1H3;1-3H. The number of hydrogen-bond acceptors (Lipinski definition) is 5. The van der Waals surface area contributed by atoms with Crippen LogP contribution in [0.2, 0.25) is 0 Å². The molecule has 0 unspecified atom stereocenters. The van der Waals surface area contributed by atoms with Crippen LogP contribution >= 0.6 is 15.9 Å². The van der Waals surface area contributed by atoms with Gasteiger partial charge in [-0.25, -0.2) is 8.78 Å². The quantitative estimate of drug-likeness (QED) is 0.351.